The lowest BCUT2D eigenvalue weighted by molar-refractivity contribution is -0.134. The van der Waals surface area contributed by atoms with Gasteiger partial charge in [0.2, 0.25) is 0 Å². The molecule has 0 radical (unpaired) electrons. The van der Waals surface area contributed by atoms with Gasteiger partial charge in [-0.2, -0.15) is 8.42 Å². The molecule has 11 heteroatoms. The molecule has 4 aliphatic rings. The lowest BCUT2D eigenvalue weighted by Crippen LogP contribution is -2.49. The first kappa shape index (κ1) is 28.1. The minimum Gasteiger partial charge on any atom is -0.506 e. The molecule has 4 aliphatic carbocycles. The fourth-order valence-electron chi connectivity index (χ4n) is 7.02. The van der Waals surface area contributed by atoms with Crippen LogP contribution in [0.25, 0.3) is 0 Å². The van der Waals surface area contributed by atoms with Crippen molar-refractivity contribution in [3.05, 3.63) is 48.6 Å². The predicted molar refractivity (Wildman–Crippen MR) is 155 cm³/mol. The van der Waals surface area contributed by atoms with Crippen LogP contribution in [0.4, 0.5) is 0 Å². The largest absolute Gasteiger partial charge is 0.506 e. The number of esters is 2. The third-order valence-corrected chi connectivity index (χ3v) is 10.4. The fourth-order valence-corrected chi connectivity index (χ4v) is 9.65. The highest BCUT2D eigenvalue weighted by Crippen LogP contribution is 2.61. The molecule has 6 rings (SSSR count). The molecule has 0 amide bonds. The molecule has 0 aliphatic heterocycles. The van der Waals surface area contributed by atoms with Crippen molar-refractivity contribution in [3.63, 3.8) is 0 Å². The number of carbonyl (C=O) groups excluding carboxylic acids is 2. The maximum atomic E-state index is 12.5. The zero-order valence-corrected chi connectivity index (χ0v) is 25.6. The molecule has 204 valence electrons. The minimum absolute atomic E-state index is 0.0180. The number of hydrogen-bond donors (Lipinski definition) is 2. The maximum absolute atomic E-state index is 12.5. The highest BCUT2D eigenvalue weighted by atomic mass is 127. The molecule has 2 aromatic carbocycles. The van der Waals surface area contributed by atoms with Crippen LogP contribution in [0.15, 0.2) is 35.2 Å². The molecule has 2 N–H and O–H groups in total. The van der Waals surface area contributed by atoms with Gasteiger partial charge in [0.15, 0.2) is 0 Å². The van der Waals surface area contributed by atoms with Crippen LogP contribution in [-0.2, 0) is 25.1 Å². The van der Waals surface area contributed by atoms with E-state index < -0.39 is 22.1 Å². The number of halogens is 2. The molecule has 0 unspecified atom stereocenters. The Balaban J connectivity index is 1.23. The Morgan fingerprint density at radius 2 is 1.63 bits per heavy atom. The van der Waals surface area contributed by atoms with E-state index in [4.69, 9.17) is 9.47 Å². The van der Waals surface area contributed by atoms with Crippen molar-refractivity contribution in [2.45, 2.75) is 61.7 Å². The number of hydrogen-bond acceptors (Lipinski definition) is 7. The van der Waals surface area contributed by atoms with Gasteiger partial charge in [-0.25, -0.2) is 4.79 Å². The van der Waals surface area contributed by atoms with Gasteiger partial charge in [0.25, 0.3) is 10.1 Å². The normalized spacial score (nSPS) is 25.8. The second kappa shape index (κ2) is 10.8. The third kappa shape index (κ3) is 5.85. The van der Waals surface area contributed by atoms with Crippen molar-refractivity contribution in [1.29, 1.82) is 0 Å². The molecule has 38 heavy (non-hydrogen) atoms. The summed E-state index contributed by atoms with van der Waals surface area (Å²) in [6.45, 7) is -0.0321. The highest BCUT2D eigenvalue weighted by Gasteiger charge is 2.53. The first-order valence-corrected chi connectivity index (χ1v) is 16.2. The van der Waals surface area contributed by atoms with E-state index in [9.17, 15) is 27.7 Å². The number of rotatable bonds is 8. The average Bonchev–Trinajstić information content (AvgIpc) is 2.82. The molecule has 0 atom stereocenters. The summed E-state index contributed by atoms with van der Waals surface area (Å²) in [5, 5.41) is 10.1. The third-order valence-electron chi connectivity index (χ3n) is 8.08. The van der Waals surface area contributed by atoms with Crippen molar-refractivity contribution in [3.8, 4) is 11.5 Å². The molecule has 2 aromatic rings. The van der Waals surface area contributed by atoms with E-state index in [0.29, 0.717) is 26.9 Å². The predicted octanol–water partition coefficient (Wildman–Crippen LogP) is 5.86. The summed E-state index contributed by atoms with van der Waals surface area (Å²) >= 11 is 3.98. The van der Waals surface area contributed by atoms with E-state index in [1.54, 1.807) is 12.1 Å². The van der Waals surface area contributed by atoms with E-state index in [2.05, 4.69) is 0 Å². The second-order valence-electron chi connectivity index (χ2n) is 10.8. The smallest absolute Gasteiger partial charge is 0.341 e. The number of phenolic OH excluding ortho intramolecular Hbond substituents is 1. The summed E-state index contributed by atoms with van der Waals surface area (Å²) in [4.78, 5) is 24.8. The molecule has 0 heterocycles. The topological polar surface area (TPSA) is 127 Å². The van der Waals surface area contributed by atoms with Gasteiger partial charge in [0.05, 0.1) is 15.1 Å². The van der Waals surface area contributed by atoms with Gasteiger partial charge >= 0.3 is 11.9 Å². The Morgan fingerprint density at radius 3 is 2.24 bits per heavy atom. The first-order chi connectivity index (χ1) is 17.9. The number of aromatic hydroxyl groups is 1. The zero-order valence-electron chi connectivity index (χ0n) is 20.5. The second-order valence-corrected chi connectivity index (χ2v) is 14.6. The van der Waals surface area contributed by atoms with E-state index in [0.717, 1.165) is 22.8 Å². The van der Waals surface area contributed by atoms with Crippen LogP contribution in [0, 0.1) is 24.9 Å². The Morgan fingerprint density at radius 1 is 1.00 bits per heavy atom. The number of phenols is 1. The summed E-state index contributed by atoms with van der Waals surface area (Å²) < 4.78 is 46.6. The average molecular weight is 766 g/mol. The molecule has 4 saturated carbocycles. The number of ether oxygens (including phenoxy) is 2. The molecule has 4 bridgehead atoms. The fraction of sp³-hybridized carbons (Fsp3) is 0.481. The quantitative estimate of drug-likeness (QED) is 0.113. The van der Waals surface area contributed by atoms with Crippen molar-refractivity contribution in [2.24, 2.45) is 17.8 Å². The lowest BCUT2D eigenvalue weighted by atomic mass is 9.48. The van der Waals surface area contributed by atoms with E-state index in [1.165, 1.54) is 37.5 Å². The molecule has 0 aromatic heterocycles. The van der Waals surface area contributed by atoms with Crippen molar-refractivity contribution in [2.75, 3.05) is 6.61 Å². The number of carbonyl (C=O) groups is 2. The molecule has 0 spiro atoms. The van der Waals surface area contributed by atoms with E-state index >= 15 is 0 Å². The van der Waals surface area contributed by atoms with E-state index in [-0.39, 0.29) is 46.8 Å². The number of benzene rings is 2. The van der Waals surface area contributed by atoms with Crippen molar-refractivity contribution in [1.82, 2.24) is 0 Å². The first-order valence-electron chi connectivity index (χ1n) is 12.6. The van der Waals surface area contributed by atoms with Crippen molar-refractivity contribution < 1.29 is 37.1 Å². The molecule has 0 saturated heterocycles. The van der Waals surface area contributed by atoms with Crippen LogP contribution in [0.1, 0.15) is 67.3 Å². The van der Waals surface area contributed by atoms with Gasteiger partial charge in [-0.05, 0) is 149 Å². The van der Waals surface area contributed by atoms with Crippen LogP contribution in [0.3, 0.4) is 0 Å². The highest BCUT2D eigenvalue weighted by molar-refractivity contribution is 14.1. The molecule has 4 fully saturated rings. The van der Waals surface area contributed by atoms with Gasteiger partial charge < -0.3 is 14.6 Å². The van der Waals surface area contributed by atoms with Gasteiger partial charge in [0.1, 0.15) is 17.1 Å². The Labute approximate surface area is 248 Å². The van der Waals surface area contributed by atoms with E-state index in [1.807, 2.05) is 45.2 Å². The summed E-state index contributed by atoms with van der Waals surface area (Å²) in [6, 6.07) is 7.62. The SMILES string of the molecule is O=C(CCCOC(=O)c1cc(I)cc(I)c1O)Oc1ccc(S(=O)(=O)O)c(C23CC4CC(CC(C4)C2)C3)c1. The Hall–Kier alpha value is -1.45. The molecular weight excluding hydrogens is 738 g/mol. The zero-order chi connectivity index (χ0) is 27.2. The van der Waals surface area contributed by atoms with Crippen molar-refractivity contribution >= 4 is 67.2 Å². The van der Waals surface area contributed by atoms with Crippen LogP contribution in [-0.4, -0.2) is 36.6 Å². The van der Waals surface area contributed by atoms with Gasteiger partial charge in [-0.15, -0.1) is 0 Å². The van der Waals surface area contributed by atoms with Crippen LogP contribution in [0.2, 0.25) is 0 Å². The van der Waals surface area contributed by atoms with Gasteiger partial charge in [-0.1, -0.05) is 0 Å². The van der Waals surface area contributed by atoms with Gasteiger partial charge in [0, 0.05) is 9.99 Å². The monoisotopic (exact) mass is 766 g/mol. The van der Waals surface area contributed by atoms with Crippen LogP contribution in [0.5, 0.6) is 11.5 Å². The van der Waals surface area contributed by atoms with Gasteiger partial charge in [-0.3, -0.25) is 9.35 Å². The summed E-state index contributed by atoms with van der Waals surface area (Å²) in [5.41, 5.74) is 0.306. The Kier molecular flexibility index (Phi) is 8.02. The molecule has 8 nitrogen and oxygen atoms in total. The van der Waals surface area contributed by atoms with Crippen LogP contribution < -0.4 is 4.74 Å². The minimum atomic E-state index is -4.44. The Bertz CT molecular complexity index is 1350. The lowest BCUT2D eigenvalue weighted by Gasteiger charge is -2.57. The maximum Gasteiger partial charge on any atom is 0.341 e. The summed E-state index contributed by atoms with van der Waals surface area (Å²) in [5.74, 6) is 0.580. The standard InChI is InChI=1S/C27H28I2O8S/c28-18-9-20(25(31)22(29)10-18)26(32)36-5-1-2-24(30)37-19-3-4-23(38(33,34)35)21(11-19)27-12-15-6-16(13-27)8-17(7-15)14-27/h3-4,9-11,15-17,31H,1-2,5-8,12-14H2,(H,33,34,35). The molecular formula is C27H28I2O8S. The van der Waals surface area contributed by atoms with Crippen LogP contribution >= 0.6 is 45.2 Å². The summed E-state index contributed by atoms with van der Waals surface area (Å²) in [6.07, 6.45) is 6.41. The summed E-state index contributed by atoms with van der Waals surface area (Å²) in [7, 11) is -4.44.